The van der Waals surface area contributed by atoms with Crippen molar-refractivity contribution < 1.29 is 19.4 Å². The summed E-state index contributed by atoms with van der Waals surface area (Å²) in [5.41, 5.74) is 1.19. The molecule has 0 bridgehead atoms. The number of cyclic esters (lactones) is 1. The van der Waals surface area contributed by atoms with E-state index in [0.717, 1.165) is 58.0 Å². The third kappa shape index (κ3) is 4.33. The Bertz CT molecular complexity index is 712. The molecule has 1 aromatic rings. The normalized spacial score (nSPS) is 31.0. The summed E-state index contributed by atoms with van der Waals surface area (Å²) < 4.78 is 5.78. The molecule has 2 saturated heterocycles. The van der Waals surface area contributed by atoms with Crippen LogP contribution in [-0.2, 0) is 9.53 Å². The van der Waals surface area contributed by atoms with Gasteiger partial charge in [-0.05, 0) is 69.9 Å². The molecule has 1 aromatic heterocycles. The number of hydrogen-bond acceptors (Lipinski definition) is 5. The molecule has 1 amide bonds. The van der Waals surface area contributed by atoms with Gasteiger partial charge in [0.2, 0.25) is 0 Å². The van der Waals surface area contributed by atoms with E-state index in [-0.39, 0.29) is 30.2 Å². The van der Waals surface area contributed by atoms with Gasteiger partial charge in [0, 0.05) is 37.2 Å². The molecular formula is C22H31N3O4. The predicted molar refractivity (Wildman–Crippen MR) is 109 cm³/mol. The minimum Gasteiger partial charge on any atom is -0.481 e. The summed E-state index contributed by atoms with van der Waals surface area (Å²) in [6.45, 7) is 3.96. The Morgan fingerprint density at radius 1 is 1.14 bits per heavy atom. The van der Waals surface area contributed by atoms with Crippen molar-refractivity contribution in [1.82, 2.24) is 9.88 Å². The maximum Gasteiger partial charge on any atom is 0.410 e. The Hall–Kier alpha value is -2.31. The van der Waals surface area contributed by atoms with Gasteiger partial charge in [-0.3, -0.25) is 14.7 Å². The van der Waals surface area contributed by atoms with Gasteiger partial charge in [0.05, 0.1) is 12.0 Å². The molecular weight excluding hydrogens is 370 g/mol. The topological polar surface area (TPSA) is 83.0 Å². The second-order valence-electron chi connectivity index (χ2n) is 8.79. The lowest BCUT2D eigenvalue weighted by Crippen LogP contribution is -2.48. The van der Waals surface area contributed by atoms with Crippen molar-refractivity contribution in [3.05, 3.63) is 24.5 Å². The highest BCUT2D eigenvalue weighted by molar-refractivity contribution is 5.71. The minimum absolute atomic E-state index is 0.0768. The molecule has 2 unspecified atom stereocenters. The number of rotatable bonds is 5. The second kappa shape index (κ2) is 8.59. The largest absolute Gasteiger partial charge is 0.481 e. The van der Waals surface area contributed by atoms with Crippen LogP contribution in [0.15, 0.2) is 24.5 Å². The number of carboxylic acids is 1. The summed E-state index contributed by atoms with van der Waals surface area (Å²) in [5.74, 6) is -0.412. The highest BCUT2D eigenvalue weighted by atomic mass is 16.6. The van der Waals surface area contributed by atoms with Crippen molar-refractivity contribution in [3.63, 3.8) is 0 Å². The number of aliphatic carboxylic acids is 1. The van der Waals surface area contributed by atoms with Gasteiger partial charge < -0.3 is 14.7 Å². The number of carbonyl (C=O) groups is 2. The van der Waals surface area contributed by atoms with E-state index in [4.69, 9.17) is 4.74 Å². The molecule has 158 valence electrons. The van der Waals surface area contributed by atoms with Crippen LogP contribution < -0.4 is 4.90 Å². The van der Waals surface area contributed by atoms with Crippen molar-refractivity contribution in [2.75, 3.05) is 18.0 Å². The van der Waals surface area contributed by atoms with Crippen LogP contribution in [0.3, 0.4) is 0 Å². The fourth-order valence-corrected chi connectivity index (χ4v) is 5.29. The molecule has 1 saturated carbocycles. The van der Waals surface area contributed by atoms with Gasteiger partial charge in [-0.15, -0.1) is 0 Å². The molecule has 4 rings (SSSR count). The number of amides is 1. The molecule has 3 heterocycles. The number of carboxylic acid groups (broad SMARTS) is 1. The van der Waals surface area contributed by atoms with E-state index in [1.807, 2.05) is 29.4 Å². The second-order valence-corrected chi connectivity index (χ2v) is 8.79. The number of aromatic nitrogens is 1. The minimum atomic E-state index is -0.673. The van der Waals surface area contributed by atoms with Gasteiger partial charge >= 0.3 is 12.1 Å². The molecule has 29 heavy (non-hydrogen) atoms. The van der Waals surface area contributed by atoms with E-state index in [0.29, 0.717) is 5.92 Å². The van der Waals surface area contributed by atoms with Crippen LogP contribution in [0, 0.1) is 11.8 Å². The zero-order valence-corrected chi connectivity index (χ0v) is 17.1. The Kier molecular flexibility index (Phi) is 5.92. The van der Waals surface area contributed by atoms with E-state index in [9.17, 15) is 14.7 Å². The molecule has 7 nitrogen and oxygen atoms in total. The van der Waals surface area contributed by atoms with Crippen molar-refractivity contribution in [1.29, 1.82) is 0 Å². The average Bonchev–Trinajstić information content (AvgIpc) is 3.02. The third-order valence-corrected chi connectivity index (χ3v) is 7.09. The first-order valence-corrected chi connectivity index (χ1v) is 10.9. The first-order chi connectivity index (χ1) is 14.0. The molecule has 1 aliphatic carbocycles. The van der Waals surface area contributed by atoms with E-state index in [1.165, 1.54) is 5.69 Å². The lowest BCUT2D eigenvalue weighted by atomic mass is 9.79. The van der Waals surface area contributed by atoms with E-state index in [1.54, 1.807) is 0 Å². The summed E-state index contributed by atoms with van der Waals surface area (Å²) in [4.78, 5) is 32.2. The van der Waals surface area contributed by atoms with Crippen molar-refractivity contribution >= 4 is 17.7 Å². The first kappa shape index (κ1) is 20.0. The summed E-state index contributed by atoms with van der Waals surface area (Å²) in [7, 11) is 0. The summed E-state index contributed by atoms with van der Waals surface area (Å²) >= 11 is 0. The Labute approximate surface area is 172 Å². The van der Waals surface area contributed by atoms with E-state index < -0.39 is 5.97 Å². The van der Waals surface area contributed by atoms with Gasteiger partial charge in [-0.2, -0.15) is 0 Å². The molecule has 0 radical (unpaired) electrons. The van der Waals surface area contributed by atoms with E-state index >= 15 is 0 Å². The lowest BCUT2D eigenvalue weighted by molar-refractivity contribution is -0.143. The standard InChI is InChI=1S/C22H31N3O4/c1-15-20(14-16-2-4-17(5-3-16)21(26)27)29-22(28)25(15)19-8-12-24(13-9-19)18-6-10-23-11-7-18/h6-7,10-11,15-17,19-20H,2-5,8-9,12-14H2,1H3,(H,26,27). The molecule has 2 atom stereocenters. The van der Waals surface area contributed by atoms with Crippen molar-refractivity contribution in [2.24, 2.45) is 11.8 Å². The van der Waals surface area contributed by atoms with Gasteiger partial charge in [0.25, 0.3) is 0 Å². The Morgan fingerprint density at radius 3 is 2.41 bits per heavy atom. The molecule has 0 spiro atoms. The lowest BCUT2D eigenvalue weighted by Gasteiger charge is -2.38. The first-order valence-electron chi connectivity index (χ1n) is 10.9. The van der Waals surface area contributed by atoms with Gasteiger partial charge in [-0.1, -0.05) is 0 Å². The van der Waals surface area contributed by atoms with Crippen LogP contribution in [-0.4, -0.2) is 58.3 Å². The Balaban J connectivity index is 1.30. The fraction of sp³-hybridized carbons (Fsp3) is 0.682. The maximum absolute atomic E-state index is 12.6. The van der Waals surface area contributed by atoms with Crippen LogP contribution in [0.5, 0.6) is 0 Å². The van der Waals surface area contributed by atoms with Crippen LogP contribution >= 0.6 is 0 Å². The maximum atomic E-state index is 12.6. The third-order valence-electron chi connectivity index (χ3n) is 7.09. The monoisotopic (exact) mass is 401 g/mol. The van der Waals surface area contributed by atoms with Gasteiger partial charge in [0.15, 0.2) is 0 Å². The number of pyridine rings is 1. The summed E-state index contributed by atoms with van der Waals surface area (Å²) in [6.07, 6.45) is 9.44. The zero-order chi connectivity index (χ0) is 20.4. The zero-order valence-electron chi connectivity index (χ0n) is 17.1. The van der Waals surface area contributed by atoms with Crippen molar-refractivity contribution in [2.45, 2.75) is 70.1 Å². The van der Waals surface area contributed by atoms with E-state index in [2.05, 4.69) is 16.8 Å². The predicted octanol–water partition coefficient (Wildman–Crippen LogP) is 3.54. The van der Waals surface area contributed by atoms with Crippen LogP contribution in [0.2, 0.25) is 0 Å². The van der Waals surface area contributed by atoms with Gasteiger partial charge in [-0.25, -0.2) is 4.79 Å². The molecule has 7 heteroatoms. The number of carbonyl (C=O) groups excluding carboxylic acids is 1. The average molecular weight is 402 g/mol. The number of piperidine rings is 1. The quantitative estimate of drug-likeness (QED) is 0.813. The highest BCUT2D eigenvalue weighted by Gasteiger charge is 2.44. The number of nitrogens with zero attached hydrogens (tertiary/aromatic N) is 3. The van der Waals surface area contributed by atoms with Crippen LogP contribution in [0.4, 0.5) is 10.5 Å². The van der Waals surface area contributed by atoms with Gasteiger partial charge in [0.1, 0.15) is 6.10 Å². The number of anilines is 1. The SMILES string of the molecule is CC1C(CC2CCC(C(=O)O)CC2)OC(=O)N1C1CCN(c2ccncc2)CC1. The van der Waals surface area contributed by atoms with Crippen LogP contribution in [0.1, 0.15) is 51.9 Å². The van der Waals surface area contributed by atoms with Crippen molar-refractivity contribution in [3.8, 4) is 0 Å². The Morgan fingerprint density at radius 2 is 1.79 bits per heavy atom. The summed E-state index contributed by atoms with van der Waals surface area (Å²) in [6, 6.07) is 4.37. The number of ether oxygens (including phenoxy) is 1. The number of hydrogen-bond donors (Lipinski definition) is 1. The smallest absolute Gasteiger partial charge is 0.410 e. The highest BCUT2D eigenvalue weighted by Crippen LogP contribution is 2.36. The molecule has 1 N–H and O–H groups in total. The molecule has 3 aliphatic rings. The van der Waals surface area contributed by atoms with Crippen LogP contribution in [0.25, 0.3) is 0 Å². The molecule has 2 aliphatic heterocycles. The molecule has 3 fully saturated rings. The fourth-order valence-electron chi connectivity index (χ4n) is 5.29. The summed E-state index contributed by atoms with van der Waals surface area (Å²) in [5, 5.41) is 9.17. The molecule has 0 aromatic carbocycles.